The van der Waals surface area contributed by atoms with Crippen LogP contribution in [0.1, 0.15) is 47.4 Å². The number of carbonyl (C=O) groups excluding carboxylic acids is 2. The lowest BCUT2D eigenvalue weighted by Crippen LogP contribution is -2.13. The van der Waals surface area contributed by atoms with Crippen LogP contribution in [0, 0.1) is 0 Å². The molecule has 23 heavy (non-hydrogen) atoms. The number of amides is 1. The molecule has 0 bridgehead atoms. The molecule has 1 amide bonds. The van der Waals surface area contributed by atoms with Gasteiger partial charge >= 0.3 is 0 Å². The second-order valence-electron chi connectivity index (χ2n) is 5.30. The number of aromatic nitrogens is 1. The van der Waals surface area contributed by atoms with Gasteiger partial charge in [-0.1, -0.05) is 25.5 Å². The quantitative estimate of drug-likeness (QED) is 0.603. The first-order valence-corrected chi connectivity index (χ1v) is 7.72. The summed E-state index contributed by atoms with van der Waals surface area (Å²) >= 11 is 0. The van der Waals surface area contributed by atoms with E-state index >= 15 is 0 Å². The van der Waals surface area contributed by atoms with Crippen LogP contribution in [0.25, 0.3) is 0 Å². The Labute approximate surface area is 136 Å². The molecule has 0 unspecified atom stereocenters. The first-order chi connectivity index (χ1) is 11.1. The average Bonchev–Trinajstić information content (AvgIpc) is 2.55. The fraction of sp³-hybridized carbons (Fsp3) is 0.278. The Balaban J connectivity index is 2.07. The number of Topliss-reactive ketones (excluding diaryl/α,β-unsaturated/α-hetero) is 1. The second kappa shape index (κ2) is 8.08. The van der Waals surface area contributed by atoms with Crippen LogP contribution in [0.4, 0.5) is 11.5 Å². The van der Waals surface area contributed by atoms with E-state index in [1.165, 1.54) is 6.92 Å². The van der Waals surface area contributed by atoms with E-state index in [9.17, 15) is 9.59 Å². The minimum atomic E-state index is -0.230. The maximum Gasteiger partial charge on any atom is 0.255 e. The molecule has 0 aliphatic rings. The molecule has 1 aromatic carbocycles. The van der Waals surface area contributed by atoms with Crippen molar-refractivity contribution in [2.45, 2.75) is 26.7 Å². The molecule has 5 nitrogen and oxygen atoms in total. The van der Waals surface area contributed by atoms with E-state index in [-0.39, 0.29) is 11.7 Å². The van der Waals surface area contributed by atoms with Crippen molar-refractivity contribution < 1.29 is 9.59 Å². The smallest absolute Gasteiger partial charge is 0.255 e. The molecule has 1 heterocycles. The standard InChI is InChI=1S/C18H21N3O2/c1-3-4-9-19-17-12-15(8-10-20-17)18(23)21-16-7-5-6-14(11-16)13(2)22/h5-8,10-12H,3-4,9H2,1-2H3,(H,19,20)(H,21,23). The summed E-state index contributed by atoms with van der Waals surface area (Å²) in [5.41, 5.74) is 1.69. The predicted molar refractivity (Wildman–Crippen MR) is 92.0 cm³/mol. The van der Waals surface area contributed by atoms with Crippen molar-refractivity contribution in [3.8, 4) is 0 Å². The van der Waals surface area contributed by atoms with Crippen molar-refractivity contribution in [1.29, 1.82) is 0 Å². The number of carbonyl (C=O) groups is 2. The van der Waals surface area contributed by atoms with E-state index in [1.54, 1.807) is 42.6 Å². The third-order valence-electron chi connectivity index (χ3n) is 3.39. The van der Waals surface area contributed by atoms with Crippen molar-refractivity contribution in [3.63, 3.8) is 0 Å². The zero-order valence-electron chi connectivity index (χ0n) is 13.4. The highest BCUT2D eigenvalue weighted by atomic mass is 16.1. The van der Waals surface area contributed by atoms with Gasteiger partial charge in [-0.15, -0.1) is 0 Å². The highest BCUT2D eigenvalue weighted by Crippen LogP contribution is 2.14. The van der Waals surface area contributed by atoms with Gasteiger partial charge in [0.15, 0.2) is 5.78 Å². The molecule has 2 N–H and O–H groups in total. The Morgan fingerprint density at radius 2 is 1.96 bits per heavy atom. The van der Waals surface area contributed by atoms with Crippen LogP contribution >= 0.6 is 0 Å². The number of nitrogens with one attached hydrogen (secondary N) is 2. The van der Waals surface area contributed by atoms with Crippen LogP contribution in [0.2, 0.25) is 0 Å². The molecule has 5 heteroatoms. The Morgan fingerprint density at radius 3 is 2.70 bits per heavy atom. The molecule has 0 saturated heterocycles. The molecule has 2 aromatic rings. The molecule has 1 aromatic heterocycles. The number of ketones is 1. The molecule has 0 fully saturated rings. The normalized spacial score (nSPS) is 10.2. The number of hydrogen-bond donors (Lipinski definition) is 2. The third-order valence-corrected chi connectivity index (χ3v) is 3.39. The van der Waals surface area contributed by atoms with Crippen LogP contribution in [0.3, 0.4) is 0 Å². The predicted octanol–water partition coefficient (Wildman–Crippen LogP) is 3.75. The molecular weight excluding hydrogens is 290 g/mol. The van der Waals surface area contributed by atoms with Crippen LogP contribution in [0.15, 0.2) is 42.6 Å². The summed E-state index contributed by atoms with van der Waals surface area (Å²) in [5, 5.41) is 5.99. The number of benzene rings is 1. The van der Waals surface area contributed by atoms with E-state index in [0.29, 0.717) is 22.6 Å². The number of pyridine rings is 1. The van der Waals surface area contributed by atoms with Gasteiger partial charge in [0.1, 0.15) is 5.82 Å². The van der Waals surface area contributed by atoms with Crippen molar-refractivity contribution in [2.75, 3.05) is 17.2 Å². The SMILES string of the molecule is CCCCNc1cc(C(=O)Nc2cccc(C(C)=O)c2)ccn1. The topological polar surface area (TPSA) is 71.1 Å². The summed E-state index contributed by atoms with van der Waals surface area (Å²) in [5.74, 6) is 0.419. The molecule has 0 atom stereocenters. The maximum absolute atomic E-state index is 12.3. The summed E-state index contributed by atoms with van der Waals surface area (Å²) in [4.78, 5) is 27.9. The lowest BCUT2D eigenvalue weighted by atomic mass is 10.1. The second-order valence-corrected chi connectivity index (χ2v) is 5.30. The number of unbranched alkanes of at least 4 members (excludes halogenated alkanes) is 1. The minimum Gasteiger partial charge on any atom is -0.370 e. The molecule has 0 saturated carbocycles. The summed E-state index contributed by atoms with van der Waals surface area (Å²) in [7, 11) is 0. The number of rotatable bonds is 7. The minimum absolute atomic E-state index is 0.0348. The lowest BCUT2D eigenvalue weighted by Gasteiger charge is -2.08. The van der Waals surface area contributed by atoms with Gasteiger partial charge in [-0.2, -0.15) is 0 Å². The summed E-state index contributed by atoms with van der Waals surface area (Å²) in [6.07, 6.45) is 3.75. The van der Waals surface area contributed by atoms with Crippen LogP contribution in [0.5, 0.6) is 0 Å². The Kier molecular flexibility index (Phi) is 5.86. The summed E-state index contributed by atoms with van der Waals surface area (Å²) < 4.78 is 0. The van der Waals surface area contributed by atoms with Gasteiger partial charge in [0, 0.05) is 29.6 Å². The van der Waals surface area contributed by atoms with E-state index in [2.05, 4.69) is 22.5 Å². The van der Waals surface area contributed by atoms with E-state index in [0.717, 1.165) is 19.4 Å². The highest BCUT2D eigenvalue weighted by Gasteiger charge is 2.08. The molecule has 0 aliphatic heterocycles. The van der Waals surface area contributed by atoms with Crippen molar-refractivity contribution >= 4 is 23.2 Å². The third kappa shape index (κ3) is 4.92. The van der Waals surface area contributed by atoms with Crippen LogP contribution < -0.4 is 10.6 Å². The molecule has 2 rings (SSSR count). The zero-order chi connectivity index (χ0) is 16.7. The Morgan fingerprint density at radius 1 is 1.13 bits per heavy atom. The monoisotopic (exact) mass is 311 g/mol. The van der Waals surface area contributed by atoms with E-state index < -0.39 is 0 Å². The van der Waals surface area contributed by atoms with E-state index in [4.69, 9.17) is 0 Å². The average molecular weight is 311 g/mol. The fourth-order valence-electron chi connectivity index (χ4n) is 2.08. The van der Waals surface area contributed by atoms with Crippen molar-refractivity contribution in [1.82, 2.24) is 4.98 Å². The van der Waals surface area contributed by atoms with Crippen LogP contribution in [-0.4, -0.2) is 23.2 Å². The fourth-order valence-corrected chi connectivity index (χ4v) is 2.08. The highest BCUT2D eigenvalue weighted by molar-refractivity contribution is 6.05. The van der Waals surface area contributed by atoms with Crippen molar-refractivity contribution in [3.05, 3.63) is 53.7 Å². The lowest BCUT2D eigenvalue weighted by molar-refractivity contribution is 0.101. The Bertz CT molecular complexity index is 698. The van der Waals surface area contributed by atoms with Crippen molar-refractivity contribution in [2.24, 2.45) is 0 Å². The van der Waals surface area contributed by atoms with E-state index in [1.807, 2.05) is 0 Å². The van der Waals surface area contributed by atoms with Gasteiger partial charge < -0.3 is 10.6 Å². The first-order valence-electron chi connectivity index (χ1n) is 7.72. The molecule has 0 spiro atoms. The molecule has 0 radical (unpaired) electrons. The molecule has 0 aliphatic carbocycles. The largest absolute Gasteiger partial charge is 0.370 e. The van der Waals surface area contributed by atoms with Gasteiger partial charge in [0.2, 0.25) is 0 Å². The Hall–Kier alpha value is -2.69. The van der Waals surface area contributed by atoms with Gasteiger partial charge in [0.25, 0.3) is 5.91 Å². The number of anilines is 2. The van der Waals surface area contributed by atoms with Crippen LogP contribution in [-0.2, 0) is 0 Å². The van der Waals surface area contributed by atoms with Gasteiger partial charge in [-0.3, -0.25) is 9.59 Å². The number of nitrogens with zero attached hydrogens (tertiary/aromatic N) is 1. The van der Waals surface area contributed by atoms with Gasteiger partial charge in [-0.25, -0.2) is 4.98 Å². The maximum atomic E-state index is 12.3. The molecular formula is C18H21N3O2. The van der Waals surface area contributed by atoms with Gasteiger partial charge in [0.05, 0.1) is 0 Å². The zero-order valence-corrected chi connectivity index (χ0v) is 13.4. The summed E-state index contributed by atoms with van der Waals surface area (Å²) in [6.45, 7) is 4.45. The number of hydrogen-bond acceptors (Lipinski definition) is 4. The molecule has 120 valence electrons. The first kappa shape index (κ1) is 16.7. The summed E-state index contributed by atoms with van der Waals surface area (Å²) in [6, 6.07) is 10.3. The van der Waals surface area contributed by atoms with Gasteiger partial charge in [-0.05, 0) is 37.6 Å².